The monoisotopic (exact) mass is 322 g/mol. The maximum atomic E-state index is 11.2. The van der Waals surface area contributed by atoms with Gasteiger partial charge in [-0.2, -0.15) is 0 Å². The predicted molar refractivity (Wildman–Crippen MR) is 87.8 cm³/mol. The molecular formula is C18H26O5. The number of carbonyl (C=O) groups is 2. The molecule has 23 heavy (non-hydrogen) atoms. The molecule has 0 saturated carbocycles. The van der Waals surface area contributed by atoms with Gasteiger partial charge in [0.2, 0.25) is 0 Å². The van der Waals surface area contributed by atoms with Crippen LogP contribution in [0.25, 0.3) is 0 Å². The average Bonchev–Trinajstić information content (AvgIpc) is 2.45. The summed E-state index contributed by atoms with van der Waals surface area (Å²) in [7, 11) is 0. The number of hydrogen-bond donors (Lipinski definition) is 2. The van der Waals surface area contributed by atoms with Gasteiger partial charge < -0.3 is 19.7 Å². The summed E-state index contributed by atoms with van der Waals surface area (Å²) < 4.78 is 5.66. The Kier molecular flexibility index (Phi) is 7.23. The smallest absolute Gasteiger partial charge is 0.306 e. The highest BCUT2D eigenvalue weighted by atomic mass is 16.5. The molecule has 0 aliphatic heterocycles. The van der Waals surface area contributed by atoms with Crippen LogP contribution in [-0.2, 0) is 9.59 Å². The number of carboxylic acid groups (broad SMARTS) is 1. The number of ketones is 1. The number of aryl methyl sites for hydroxylation is 2. The van der Waals surface area contributed by atoms with Crippen LogP contribution >= 0.6 is 0 Å². The zero-order chi connectivity index (χ0) is 17.6. The number of rotatable bonds is 9. The number of Topliss-reactive ketones (excluding diaryl/α,β-unsaturated/α-hetero) is 1. The fourth-order valence-corrected chi connectivity index (χ4v) is 2.45. The van der Waals surface area contributed by atoms with Crippen molar-refractivity contribution in [2.45, 2.75) is 53.1 Å². The Morgan fingerprint density at radius 2 is 1.87 bits per heavy atom. The highest BCUT2D eigenvalue weighted by molar-refractivity contribution is 5.76. The number of ether oxygens (including phenoxy) is 1. The van der Waals surface area contributed by atoms with Gasteiger partial charge in [-0.05, 0) is 63.3 Å². The van der Waals surface area contributed by atoms with Gasteiger partial charge in [0.15, 0.2) is 0 Å². The van der Waals surface area contributed by atoms with E-state index in [2.05, 4.69) is 6.07 Å². The van der Waals surface area contributed by atoms with Gasteiger partial charge in [0, 0.05) is 6.42 Å². The van der Waals surface area contributed by atoms with Crippen LogP contribution in [0.4, 0.5) is 0 Å². The van der Waals surface area contributed by atoms with E-state index in [1.807, 2.05) is 26.8 Å². The summed E-state index contributed by atoms with van der Waals surface area (Å²) in [6.07, 6.45) is -0.361. The summed E-state index contributed by atoms with van der Waals surface area (Å²) in [5, 5.41) is 19.2. The minimum absolute atomic E-state index is 0.0353. The first-order valence-corrected chi connectivity index (χ1v) is 7.81. The highest BCUT2D eigenvalue weighted by Gasteiger charge is 2.22. The number of aliphatic hydroxyl groups excluding tert-OH is 1. The fourth-order valence-electron chi connectivity index (χ4n) is 2.45. The number of carbonyl (C=O) groups excluding carboxylic acids is 1. The van der Waals surface area contributed by atoms with E-state index < -0.39 is 18.0 Å². The molecule has 2 atom stereocenters. The van der Waals surface area contributed by atoms with Gasteiger partial charge in [-0.25, -0.2) is 0 Å². The molecule has 5 heteroatoms. The maximum absolute atomic E-state index is 11.2. The molecule has 0 aliphatic carbocycles. The first-order chi connectivity index (χ1) is 10.7. The van der Waals surface area contributed by atoms with Crippen molar-refractivity contribution < 1.29 is 24.5 Å². The number of carboxylic acids is 1. The molecule has 5 nitrogen and oxygen atoms in total. The van der Waals surface area contributed by atoms with E-state index in [0.29, 0.717) is 5.75 Å². The molecule has 0 aliphatic rings. The Balaban J connectivity index is 2.60. The van der Waals surface area contributed by atoms with Crippen LogP contribution in [0.3, 0.4) is 0 Å². The number of hydrogen-bond acceptors (Lipinski definition) is 4. The Morgan fingerprint density at radius 3 is 2.43 bits per heavy atom. The second-order valence-electron chi connectivity index (χ2n) is 6.18. The van der Waals surface area contributed by atoms with Crippen LogP contribution in [0, 0.1) is 26.7 Å². The number of aliphatic carboxylic acids is 1. The molecule has 2 N–H and O–H groups in total. The summed E-state index contributed by atoms with van der Waals surface area (Å²) in [6.45, 7) is 7.38. The number of benzene rings is 1. The summed E-state index contributed by atoms with van der Waals surface area (Å²) in [6, 6.07) is 3.96. The normalized spacial score (nSPS) is 13.4. The Labute approximate surface area is 137 Å². The minimum Gasteiger partial charge on any atom is -0.491 e. The van der Waals surface area contributed by atoms with Crippen molar-refractivity contribution in [3.8, 4) is 5.75 Å². The van der Waals surface area contributed by atoms with E-state index in [1.165, 1.54) is 6.92 Å². The first-order valence-electron chi connectivity index (χ1n) is 7.81. The third kappa shape index (κ3) is 6.40. The van der Waals surface area contributed by atoms with Crippen molar-refractivity contribution in [1.29, 1.82) is 0 Å². The third-order valence-electron chi connectivity index (χ3n) is 3.95. The van der Waals surface area contributed by atoms with Crippen molar-refractivity contribution >= 4 is 11.8 Å². The molecule has 0 saturated heterocycles. The molecule has 1 aromatic carbocycles. The Morgan fingerprint density at radius 1 is 1.22 bits per heavy atom. The molecule has 0 aromatic heterocycles. The zero-order valence-corrected chi connectivity index (χ0v) is 14.3. The van der Waals surface area contributed by atoms with E-state index in [0.717, 1.165) is 16.7 Å². The lowest BCUT2D eigenvalue weighted by Gasteiger charge is -2.18. The summed E-state index contributed by atoms with van der Waals surface area (Å²) in [5.74, 6) is -1.07. The Bertz CT molecular complexity index is 565. The molecule has 0 spiro atoms. The highest BCUT2D eigenvalue weighted by Crippen LogP contribution is 2.24. The summed E-state index contributed by atoms with van der Waals surface area (Å²) in [4.78, 5) is 22.2. The molecule has 0 radical (unpaired) electrons. The van der Waals surface area contributed by atoms with E-state index in [1.54, 1.807) is 0 Å². The lowest BCUT2D eigenvalue weighted by Crippen LogP contribution is -2.26. The zero-order valence-electron chi connectivity index (χ0n) is 14.3. The van der Waals surface area contributed by atoms with Crippen LogP contribution in [-0.4, -0.2) is 34.7 Å². The van der Waals surface area contributed by atoms with Crippen molar-refractivity contribution in [2.75, 3.05) is 6.61 Å². The maximum Gasteiger partial charge on any atom is 0.306 e. The van der Waals surface area contributed by atoms with Gasteiger partial charge in [0.1, 0.15) is 18.1 Å². The van der Waals surface area contributed by atoms with Gasteiger partial charge >= 0.3 is 5.97 Å². The van der Waals surface area contributed by atoms with Crippen LogP contribution in [0.1, 0.15) is 42.9 Å². The largest absolute Gasteiger partial charge is 0.491 e. The number of aliphatic hydroxyl groups is 1. The van der Waals surface area contributed by atoms with Gasteiger partial charge in [0.25, 0.3) is 0 Å². The SMILES string of the molecule is CC(=O)CCC(CC(O)COc1cc(C)cc(C)c1C)C(=O)O. The van der Waals surface area contributed by atoms with Gasteiger partial charge in [-0.1, -0.05) is 6.07 Å². The summed E-state index contributed by atoms with van der Waals surface area (Å²) >= 11 is 0. The van der Waals surface area contributed by atoms with E-state index in [4.69, 9.17) is 4.74 Å². The van der Waals surface area contributed by atoms with Crippen molar-refractivity contribution in [3.63, 3.8) is 0 Å². The van der Waals surface area contributed by atoms with E-state index >= 15 is 0 Å². The lowest BCUT2D eigenvalue weighted by atomic mass is 9.95. The third-order valence-corrected chi connectivity index (χ3v) is 3.95. The lowest BCUT2D eigenvalue weighted by molar-refractivity contribution is -0.143. The van der Waals surface area contributed by atoms with Gasteiger partial charge in [-0.15, -0.1) is 0 Å². The molecule has 2 unspecified atom stereocenters. The van der Waals surface area contributed by atoms with Crippen LogP contribution in [0.15, 0.2) is 12.1 Å². The topological polar surface area (TPSA) is 83.8 Å². The second kappa shape index (κ2) is 8.67. The van der Waals surface area contributed by atoms with Crippen LogP contribution in [0.5, 0.6) is 5.75 Å². The van der Waals surface area contributed by atoms with Crippen LogP contribution in [0.2, 0.25) is 0 Å². The molecule has 0 bridgehead atoms. The van der Waals surface area contributed by atoms with Crippen molar-refractivity contribution in [2.24, 2.45) is 5.92 Å². The molecule has 1 aromatic rings. The minimum atomic E-state index is -0.993. The average molecular weight is 322 g/mol. The molecule has 0 fully saturated rings. The quantitative estimate of drug-likeness (QED) is 0.730. The van der Waals surface area contributed by atoms with Crippen molar-refractivity contribution in [1.82, 2.24) is 0 Å². The van der Waals surface area contributed by atoms with E-state index in [9.17, 15) is 19.8 Å². The molecule has 0 amide bonds. The molecule has 1 rings (SSSR count). The standard InChI is InChI=1S/C18H26O5/c1-11-7-12(2)14(4)17(8-11)23-10-16(20)9-15(18(21)22)6-5-13(3)19/h7-8,15-16,20H,5-6,9-10H2,1-4H3,(H,21,22). The second-order valence-corrected chi connectivity index (χ2v) is 6.18. The van der Waals surface area contributed by atoms with Crippen molar-refractivity contribution in [3.05, 3.63) is 28.8 Å². The predicted octanol–water partition coefficient (Wildman–Crippen LogP) is 2.81. The van der Waals surface area contributed by atoms with E-state index in [-0.39, 0.29) is 31.7 Å². The molecule has 0 heterocycles. The van der Waals surface area contributed by atoms with Gasteiger partial charge in [0.05, 0.1) is 12.0 Å². The molecular weight excluding hydrogens is 296 g/mol. The summed E-state index contributed by atoms with van der Waals surface area (Å²) in [5.41, 5.74) is 3.19. The van der Waals surface area contributed by atoms with Crippen LogP contribution < -0.4 is 4.74 Å². The first kappa shape index (κ1) is 19.2. The Hall–Kier alpha value is -1.88. The fraction of sp³-hybridized carbons (Fsp3) is 0.556. The van der Waals surface area contributed by atoms with Gasteiger partial charge in [-0.3, -0.25) is 4.79 Å². The molecule has 128 valence electrons.